The quantitative estimate of drug-likeness (QED) is 0.0379. The minimum absolute atomic E-state index is 0.0352. The van der Waals surface area contributed by atoms with Gasteiger partial charge in [-0.25, -0.2) is 9.69 Å². The fourth-order valence-electron chi connectivity index (χ4n) is 9.93. The number of nitrogens with one attached hydrogen (secondary N) is 1. The minimum Gasteiger partial charge on any atom is -0.497 e. The number of morpholine rings is 1. The predicted molar refractivity (Wildman–Crippen MR) is 256 cm³/mol. The first kappa shape index (κ1) is 46.5. The largest absolute Gasteiger partial charge is 0.497 e. The number of benzene rings is 6. The van der Waals surface area contributed by atoms with Crippen molar-refractivity contribution in [1.82, 2.24) is 10.2 Å². The highest BCUT2D eigenvalue weighted by Crippen LogP contribution is 2.66. The third kappa shape index (κ3) is 8.50. The van der Waals surface area contributed by atoms with E-state index in [1.807, 2.05) is 65.6 Å². The van der Waals surface area contributed by atoms with Gasteiger partial charge in [0.2, 0.25) is 11.8 Å². The Morgan fingerprint density at radius 3 is 2.17 bits per heavy atom. The number of rotatable bonds is 13. The molecule has 2 saturated heterocycles. The summed E-state index contributed by atoms with van der Waals surface area (Å²) in [5.74, 6) is 3.42. The number of aliphatic hydroxyl groups excluding tert-OH is 1. The van der Waals surface area contributed by atoms with E-state index < -0.39 is 64.4 Å². The van der Waals surface area contributed by atoms with Crippen LogP contribution in [0.1, 0.15) is 57.1 Å². The Morgan fingerprint density at radius 1 is 0.829 bits per heavy atom. The summed E-state index contributed by atoms with van der Waals surface area (Å²) in [5, 5.41) is 24.1. The summed E-state index contributed by atoms with van der Waals surface area (Å²) in [7, 11) is 1.56. The van der Waals surface area contributed by atoms with Gasteiger partial charge in [-0.05, 0) is 94.5 Å². The highest BCUT2D eigenvalue weighted by molar-refractivity contribution is 6.23. The van der Waals surface area contributed by atoms with Gasteiger partial charge >= 0.3 is 12.1 Å². The number of methoxy groups -OCH3 is 1. The lowest BCUT2D eigenvalue weighted by atomic mass is 9.65. The molecule has 3 heterocycles. The Kier molecular flexibility index (Phi) is 13.3. The van der Waals surface area contributed by atoms with Crippen molar-refractivity contribution in [2.45, 2.75) is 36.3 Å². The molecule has 0 saturated carbocycles. The number of nitro groups is 1. The maximum atomic E-state index is 16.4. The van der Waals surface area contributed by atoms with Crippen LogP contribution in [0.4, 0.5) is 16.2 Å². The van der Waals surface area contributed by atoms with E-state index in [9.17, 15) is 20.0 Å². The minimum atomic E-state index is -2.12. The summed E-state index contributed by atoms with van der Waals surface area (Å²) >= 11 is 0. The van der Waals surface area contributed by atoms with Gasteiger partial charge in [0.1, 0.15) is 42.3 Å². The molecule has 15 heteroatoms. The number of cyclic esters (lactones) is 1. The van der Waals surface area contributed by atoms with Gasteiger partial charge < -0.3 is 29.4 Å². The van der Waals surface area contributed by atoms with E-state index in [-0.39, 0.29) is 43.3 Å². The molecule has 1 spiro atoms. The van der Waals surface area contributed by atoms with Crippen molar-refractivity contribution in [3.05, 3.63) is 213 Å². The van der Waals surface area contributed by atoms with E-state index in [1.54, 1.807) is 73.8 Å². The van der Waals surface area contributed by atoms with E-state index in [4.69, 9.17) is 18.9 Å². The fraction of sp³-hybridized carbons (Fsp3) is 0.200. The van der Waals surface area contributed by atoms with Crippen molar-refractivity contribution in [2.75, 3.05) is 31.8 Å². The van der Waals surface area contributed by atoms with Crippen LogP contribution in [0.2, 0.25) is 0 Å². The van der Waals surface area contributed by atoms with Gasteiger partial charge in [0.25, 0.3) is 5.69 Å². The lowest BCUT2D eigenvalue weighted by molar-refractivity contribution is -0.384. The zero-order chi connectivity index (χ0) is 48.9. The van der Waals surface area contributed by atoms with Gasteiger partial charge in [0.05, 0.1) is 42.3 Å². The molecular weight excluding hydrogens is 893 g/mol. The molecule has 15 nitrogen and oxygen atoms in total. The van der Waals surface area contributed by atoms with E-state index in [0.29, 0.717) is 44.9 Å². The molecule has 3 aliphatic heterocycles. The van der Waals surface area contributed by atoms with Crippen molar-refractivity contribution >= 4 is 35.3 Å². The van der Waals surface area contributed by atoms with E-state index in [2.05, 4.69) is 23.7 Å². The van der Waals surface area contributed by atoms with Gasteiger partial charge in [-0.1, -0.05) is 90.7 Å². The number of nitrogens with zero attached hydrogens (tertiary/aromatic N) is 3. The van der Waals surface area contributed by atoms with Crippen LogP contribution in [-0.2, 0) is 35.9 Å². The summed E-state index contributed by atoms with van der Waals surface area (Å²) < 4.78 is 23.7. The number of imide groups is 1. The number of fused-ring (bicyclic) bond motifs is 3. The zero-order valence-corrected chi connectivity index (χ0v) is 37.8. The number of amides is 3. The second kappa shape index (κ2) is 19.9. The number of non-ortho nitro benzene ring substituents is 1. The van der Waals surface area contributed by atoms with Crippen molar-refractivity contribution in [3.63, 3.8) is 0 Å². The first-order valence-electron chi connectivity index (χ1n) is 22.4. The maximum Gasteiger partial charge on any atom is 0.421 e. The van der Waals surface area contributed by atoms with Crippen molar-refractivity contribution < 1.29 is 48.2 Å². The topological polar surface area (TPSA) is 187 Å². The van der Waals surface area contributed by atoms with Crippen molar-refractivity contribution in [1.29, 1.82) is 0 Å². The molecule has 6 aromatic rings. The third-order valence-corrected chi connectivity index (χ3v) is 12.8. The Morgan fingerprint density at radius 2 is 1.50 bits per heavy atom. The van der Waals surface area contributed by atoms with Crippen LogP contribution in [0.15, 0.2) is 164 Å². The van der Waals surface area contributed by atoms with Gasteiger partial charge in [-0.3, -0.25) is 29.4 Å². The van der Waals surface area contributed by atoms with Crippen LogP contribution in [-0.4, -0.2) is 71.7 Å². The summed E-state index contributed by atoms with van der Waals surface area (Å²) in [5.41, 5.74) is 1.28. The highest BCUT2D eigenvalue weighted by atomic mass is 16.6. The standard InChI is InChI=1S/C55H46N4O11/c1-3-29-56-51(61)46-48-52(62)70-49(39-13-8-5-9-14-39)47(38-11-6-4-7-12-38)58(48)50(40-15-10-16-43(33-40)68-31-30-60)55(46)44-32-36(18-17-35-21-26-42(67-2)27-22-35)23-28-45(44)57(53(55)63)54(64)69-34-37-19-24-41(25-20-37)59(65)66/h3-16,19-28,32-33,46-50,60H,1,29-31,34H2,2H3,(H,56,61)/t46-,47-,48-,49+,50+,55-/m1/s1. The number of carbonyl (C=O) groups is 4. The summed E-state index contributed by atoms with van der Waals surface area (Å²) in [6, 6.07) is 39.4. The number of nitro benzene ring substituents is 1. The van der Waals surface area contributed by atoms with Crippen LogP contribution in [0.5, 0.6) is 11.5 Å². The van der Waals surface area contributed by atoms with Crippen LogP contribution in [0.3, 0.4) is 0 Å². The summed E-state index contributed by atoms with van der Waals surface area (Å²) in [4.78, 5) is 75.5. The molecule has 0 aromatic heterocycles. The van der Waals surface area contributed by atoms with E-state index >= 15 is 14.4 Å². The first-order valence-corrected chi connectivity index (χ1v) is 22.4. The molecule has 6 atom stereocenters. The van der Waals surface area contributed by atoms with Gasteiger partial charge in [-0.2, -0.15) is 0 Å². The van der Waals surface area contributed by atoms with Crippen LogP contribution < -0.4 is 19.7 Å². The van der Waals surface area contributed by atoms with Crippen LogP contribution >= 0.6 is 0 Å². The SMILES string of the molecule is C=CCNC(=O)[C@H]1[C@@H]2C(=O)O[C@@H](c3ccccc3)[C@@H](c3ccccc3)N2[C@@H](c2cccc(OCCO)c2)[C@]12C(=O)N(C(=O)OCc1ccc([N+](=O)[O-])cc1)c1ccc(C#Cc3ccc(OC)cc3)cc12. The number of ether oxygens (including phenoxy) is 4. The Bertz CT molecular complexity index is 3030. The molecule has 0 aliphatic carbocycles. The maximum absolute atomic E-state index is 16.4. The number of hydrogen-bond donors (Lipinski definition) is 2. The molecule has 2 N–H and O–H groups in total. The molecule has 352 valence electrons. The lowest BCUT2D eigenvalue weighted by Gasteiger charge is -2.46. The van der Waals surface area contributed by atoms with Crippen LogP contribution in [0.25, 0.3) is 0 Å². The molecular formula is C55H46N4O11. The van der Waals surface area contributed by atoms with E-state index in [1.165, 1.54) is 30.3 Å². The van der Waals surface area contributed by atoms with Gasteiger partial charge in [0, 0.05) is 29.8 Å². The number of anilines is 1. The van der Waals surface area contributed by atoms with Crippen molar-refractivity contribution in [3.8, 4) is 23.3 Å². The average molecular weight is 939 g/mol. The normalized spacial score (nSPS) is 21.1. The van der Waals surface area contributed by atoms with Crippen LogP contribution in [0, 0.1) is 27.9 Å². The average Bonchev–Trinajstić information content (AvgIpc) is 3.85. The van der Waals surface area contributed by atoms with Crippen molar-refractivity contribution in [2.24, 2.45) is 5.92 Å². The number of aliphatic hydroxyl groups is 1. The van der Waals surface area contributed by atoms with E-state index in [0.717, 1.165) is 4.90 Å². The molecule has 3 amide bonds. The number of esters is 1. The first-order chi connectivity index (χ1) is 34.1. The smallest absolute Gasteiger partial charge is 0.421 e. The monoisotopic (exact) mass is 938 g/mol. The lowest BCUT2D eigenvalue weighted by Crippen LogP contribution is -2.55. The molecule has 2 fully saturated rings. The molecule has 3 aliphatic rings. The summed E-state index contributed by atoms with van der Waals surface area (Å²) in [6.45, 7) is 3.05. The molecule has 0 radical (unpaired) electrons. The Hall–Kier alpha value is -8.58. The molecule has 0 unspecified atom stereocenters. The second-order valence-electron chi connectivity index (χ2n) is 16.8. The number of hydrogen-bond acceptors (Lipinski definition) is 12. The van der Waals surface area contributed by atoms with Gasteiger partial charge in [0.15, 0.2) is 0 Å². The molecule has 70 heavy (non-hydrogen) atoms. The molecule has 9 rings (SSSR count). The summed E-state index contributed by atoms with van der Waals surface area (Å²) in [6.07, 6.45) is -0.583. The Labute approximate surface area is 403 Å². The third-order valence-electron chi connectivity index (χ3n) is 12.8. The molecule has 0 bridgehead atoms. The zero-order valence-electron chi connectivity index (χ0n) is 37.8. The fourth-order valence-corrected chi connectivity index (χ4v) is 9.93. The predicted octanol–water partition coefficient (Wildman–Crippen LogP) is 7.68. The highest BCUT2D eigenvalue weighted by Gasteiger charge is 2.75. The van der Waals surface area contributed by atoms with Gasteiger partial charge in [-0.15, -0.1) is 6.58 Å². The number of carbonyl (C=O) groups excluding carboxylic acids is 4. The Balaban J connectivity index is 1.31. The molecule has 6 aromatic carbocycles. The second-order valence-corrected chi connectivity index (χ2v) is 16.8.